The molecule has 0 atom stereocenters. The van der Waals surface area contributed by atoms with Crippen molar-refractivity contribution in [2.75, 3.05) is 6.54 Å². The van der Waals surface area contributed by atoms with E-state index in [9.17, 15) is 9.59 Å². The topological polar surface area (TPSA) is 64.0 Å². The van der Waals surface area contributed by atoms with E-state index in [1.165, 1.54) is 4.68 Å². The maximum Gasteiger partial charge on any atom is 0.267 e. The summed E-state index contributed by atoms with van der Waals surface area (Å²) >= 11 is 0. The fourth-order valence-corrected chi connectivity index (χ4v) is 2.03. The molecule has 1 aliphatic rings. The lowest BCUT2D eigenvalue weighted by molar-refractivity contribution is -0.120. The first-order chi connectivity index (χ1) is 8.20. The third kappa shape index (κ3) is 2.72. The summed E-state index contributed by atoms with van der Waals surface area (Å²) in [5.74, 6) is -0.000732. The lowest BCUT2D eigenvalue weighted by atomic mass is 10.2. The Bertz CT molecular complexity index is 479. The van der Waals surface area contributed by atoms with Crippen LogP contribution in [-0.2, 0) is 24.2 Å². The third-order valence-corrected chi connectivity index (χ3v) is 2.99. The van der Waals surface area contributed by atoms with E-state index in [0.717, 1.165) is 30.5 Å². The van der Waals surface area contributed by atoms with Gasteiger partial charge in [-0.3, -0.25) is 9.59 Å². The first kappa shape index (κ1) is 11.8. The average molecular weight is 235 g/mol. The number of hydrogen-bond donors (Lipinski definition) is 1. The highest BCUT2D eigenvalue weighted by Gasteiger charge is 2.14. The Balaban J connectivity index is 2.02. The second kappa shape index (κ2) is 5.12. The summed E-state index contributed by atoms with van der Waals surface area (Å²) in [6.07, 6.45) is 3.47. The van der Waals surface area contributed by atoms with Crippen molar-refractivity contribution in [3.63, 3.8) is 0 Å². The Hall–Kier alpha value is -1.65. The monoisotopic (exact) mass is 235 g/mol. The van der Waals surface area contributed by atoms with Gasteiger partial charge in [0.1, 0.15) is 0 Å². The Labute approximate surface area is 99.8 Å². The molecule has 0 aliphatic heterocycles. The van der Waals surface area contributed by atoms with Crippen molar-refractivity contribution in [3.8, 4) is 0 Å². The molecule has 0 bridgehead atoms. The molecule has 1 amide bonds. The summed E-state index contributed by atoms with van der Waals surface area (Å²) < 4.78 is 1.44. The standard InChI is InChI=1S/C12H17N3O2/c1-2-11(16)13-6-7-15-12(17)8-9-4-3-5-10(9)14-15/h8H,2-7H2,1H3,(H,13,16). The van der Waals surface area contributed by atoms with Gasteiger partial charge in [0, 0.05) is 19.0 Å². The first-order valence-corrected chi connectivity index (χ1v) is 6.07. The lowest BCUT2D eigenvalue weighted by Gasteiger charge is -2.07. The van der Waals surface area contributed by atoms with Crippen LogP contribution in [0, 0.1) is 0 Å². The molecule has 1 aromatic rings. The molecule has 0 aromatic carbocycles. The molecule has 0 saturated carbocycles. The third-order valence-electron chi connectivity index (χ3n) is 2.99. The summed E-state index contributed by atoms with van der Waals surface area (Å²) in [4.78, 5) is 22.8. The number of aryl methyl sites for hydroxylation is 2. The van der Waals surface area contributed by atoms with E-state index in [2.05, 4.69) is 10.4 Å². The highest BCUT2D eigenvalue weighted by Crippen LogP contribution is 2.16. The zero-order valence-electron chi connectivity index (χ0n) is 10.0. The molecule has 0 unspecified atom stereocenters. The second-order valence-electron chi connectivity index (χ2n) is 4.23. The van der Waals surface area contributed by atoms with Crippen LogP contribution in [0.1, 0.15) is 31.0 Å². The molecular formula is C12H17N3O2. The molecule has 1 heterocycles. The van der Waals surface area contributed by atoms with Gasteiger partial charge >= 0.3 is 0 Å². The molecular weight excluding hydrogens is 218 g/mol. The number of aromatic nitrogens is 2. The van der Waals surface area contributed by atoms with E-state index in [-0.39, 0.29) is 11.5 Å². The number of amides is 1. The van der Waals surface area contributed by atoms with Crippen molar-refractivity contribution in [1.29, 1.82) is 0 Å². The maximum absolute atomic E-state index is 11.7. The van der Waals surface area contributed by atoms with E-state index in [0.29, 0.717) is 19.5 Å². The molecule has 5 nitrogen and oxygen atoms in total. The summed E-state index contributed by atoms with van der Waals surface area (Å²) in [6.45, 7) is 2.70. The van der Waals surface area contributed by atoms with Crippen molar-refractivity contribution in [2.24, 2.45) is 0 Å². The van der Waals surface area contributed by atoms with Crippen molar-refractivity contribution in [2.45, 2.75) is 39.2 Å². The summed E-state index contributed by atoms with van der Waals surface area (Å²) in [7, 11) is 0. The molecule has 2 rings (SSSR count). The lowest BCUT2D eigenvalue weighted by Crippen LogP contribution is -2.32. The number of nitrogens with one attached hydrogen (secondary N) is 1. The van der Waals surface area contributed by atoms with E-state index >= 15 is 0 Å². The van der Waals surface area contributed by atoms with E-state index in [4.69, 9.17) is 0 Å². The molecule has 5 heteroatoms. The Morgan fingerprint density at radius 3 is 3.12 bits per heavy atom. The van der Waals surface area contributed by atoms with Gasteiger partial charge in [0.15, 0.2) is 0 Å². The van der Waals surface area contributed by atoms with Gasteiger partial charge in [0.25, 0.3) is 5.56 Å². The van der Waals surface area contributed by atoms with Gasteiger partial charge in [-0.1, -0.05) is 6.92 Å². The van der Waals surface area contributed by atoms with Crippen LogP contribution in [0.3, 0.4) is 0 Å². The van der Waals surface area contributed by atoms with Crippen molar-refractivity contribution in [1.82, 2.24) is 15.1 Å². The van der Waals surface area contributed by atoms with Crippen molar-refractivity contribution in [3.05, 3.63) is 27.7 Å². The Morgan fingerprint density at radius 1 is 1.53 bits per heavy atom. The fourth-order valence-electron chi connectivity index (χ4n) is 2.03. The van der Waals surface area contributed by atoms with Crippen LogP contribution in [-0.4, -0.2) is 22.2 Å². The number of hydrogen-bond acceptors (Lipinski definition) is 3. The van der Waals surface area contributed by atoms with Crippen molar-refractivity contribution < 1.29 is 4.79 Å². The quantitative estimate of drug-likeness (QED) is 0.814. The minimum absolute atomic E-state index is 0.000732. The molecule has 1 N–H and O–H groups in total. The summed E-state index contributed by atoms with van der Waals surface area (Å²) in [5.41, 5.74) is 2.05. The maximum atomic E-state index is 11.7. The fraction of sp³-hybridized carbons (Fsp3) is 0.583. The van der Waals surface area contributed by atoms with Gasteiger partial charge in [0.2, 0.25) is 5.91 Å². The smallest absolute Gasteiger partial charge is 0.267 e. The number of carbonyl (C=O) groups is 1. The molecule has 0 radical (unpaired) electrons. The molecule has 1 aromatic heterocycles. The van der Waals surface area contributed by atoms with Crippen LogP contribution < -0.4 is 10.9 Å². The molecule has 0 saturated heterocycles. The predicted octanol–water partition coefficient (Wildman–Crippen LogP) is 0.258. The number of rotatable bonds is 4. The first-order valence-electron chi connectivity index (χ1n) is 6.07. The number of nitrogens with zero attached hydrogens (tertiary/aromatic N) is 2. The van der Waals surface area contributed by atoms with Gasteiger partial charge < -0.3 is 5.32 Å². The normalized spacial score (nSPS) is 13.5. The van der Waals surface area contributed by atoms with Crippen LogP contribution in [0.4, 0.5) is 0 Å². The molecule has 17 heavy (non-hydrogen) atoms. The van der Waals surface area contributed by atoms with Crippen molar-refractivity contribution >= 4 is 5.91 Å². The molecule has 0 spiro atoms. The van der Waals surface area contributed by atoms with Gasteiger partial charge in [0.05, 0.1) is 12.2 Å². The van der Waals surface area contributed by atoms with Gasteiger partial charge in [-0.05, 0) is 24.8 Å². The summed E-state index contributed by atoms with van der Waals surface area (Å²) in [5, 5.41) is 7.07. The predicted molar refractivity (Wildman–Crippen MR) is 63.8 cm³/mol. The van der Waals surface area contributed by atoms with Crippen LogP contribution in [0.25, 0.3) is 0 Å². The Morgan fingerprint density at radius 2 is 2.35 bits per heavy atom. The van der Waals surface area contributed by atoms with Crippen LogP contribution in [0.2, 0.25) is 0 Å². The second-order valence-corrected chi connectivity index (χ2v) is 4.23. The molecule has 0 fully saturated rings. The van der Waals surface area contributed by atoms with Crippen LogP contribution in [0.5, 0.6) is 0 Å². The zero-order valence-corrected chi connectivity index (χ0v) is 10.0. The highest BCUT2D eigenvalue weighted by atomic mass is 16.1. The number of fused-ring (bicyclic) bond motifs is 1. The number of carbonyl (C=O) groups excluding carboxylic acids is 1. The van der Waals surface area contributed by atoms with Gasteiger partial charge in [-0.15, -0.1) is 0 Å². The van der Waals surface area contributed by atoms with Crippen LogP contribution in [0.15, 0.2) is 10.9 Å². The van der Waals surface area contributed by atoms with Crippen LogP contribution >= 0.6 is 0 Å². The molecule has 1 aliphatic carbocycles. The molecule has 92 valence electrons. The highest BCUT2D eigenvalue weighted by molar-refractivity contribution is 5.75. The van der Waals surface area contributed by atoms with E-state index in [1.54, 1.807) is 13.0 Å². The Kier molecular flexibility index (Phi) is 3.56. The van der Waals surface area contributed by atoms with Gasteiger partial charge in [-0.2, -0.15) is 5.10 Å². The zero-order chi connectivity index (χ0) is 12.3. The van der Waals surface area contributed by atoms with E-state index < -0.39 is 0 Å². The average Bonchev–Trinajstić information content (AvgIpc) is 2.76. The summed E-state index contributed by atoms with van der Waals surface area (Å²) in [6, 6.07) is 1.68. The van der Waals surface area contributed by atoms with Gasteiger partial charge in [-0.25, -0.2) is 4.68 Å². The SMILES string of the molecule is CCC(=O)NCCn1nc2c(cc1=O)CCC2. The van der Waals surface area contributed by atoms with E-state index in [1.807, 2.05) is 0 Å². The minimum atomic E-state index is -0.0728. The largest absolute Gasteiger partial charge is 0.354 e. The minimum Gasteiger partial charge on any atom is -0.354 e.